The highest BCUT2D eigenvalue weighted by atomic mass is 28.3. The fraction of sp³-hybridized carbons (Fsp3) is 0.0769. The van der Waals surface area contributed by atoms with Gasteiger partial charge >= 0.3 is 0 Å². The fourth-order valence-corrected chi connectivity index (χ4v) is 9.36. The van der Waals surface area contributed by atoms with Gasteiger partial charge in [0.2, 0.25) is 0 Å². The van der Waals surface area contributed by atoms with Gasteiger partial charge in [-0.1, -0.05) is 126 Å². The summed E-state index contributed by atoms with van der Waals surface area (Å²) in [5, 5.41) is 2.99. The van der Waals surface area contributed by atoms with E-state index in [0.717, 1.165) is 0 Å². The minimum Gasteiger partial charge on any atom is -0.0626 e. The molecule has 4 aromatic carbocycles. The van der Waals surface area contributed by atoms with Gasteiger partial charge in [-0.3, -0.25) is 0 Å². The van der Waals surface area contributed by atoms with E-state index in [0.29, 0.717) is 5.54 Å². The van der Waals surface area contributed by atoms with Crippen LogP contribution in [0.1, 0.15) is 16.7 Å². The van der Waals surface area contributed by atoms with Crippen LogP contribution < -0.4 is 10.4 Å². The first-order valence-corrected chi connectivity index (χ1v) is 12.2. The molecule has 0 N–H and O–H groups in total. The molecule has 0 unspecified atom stereocenters. The molecule has 1 aliphatic rings. The molecule has 1 heteroatoms. The molecule has 0 heterocycles. The molecular formula is C26H22Si. The highest BCUT2D eigenvalue weighted by Gasteiger charge is 2.46. The molecule has 0 nitrogen and oxygen atoms in total. The molecule has 1 aliphatic carbocycles. The van der Waals surface area contributed by atoms with Crippen molar-refractivity contribution in [1.82, 2.24) is 0 Å². The maximum atomic E-state index is 2.54. The second-order valence-corrected chi connectivity index (χ2v) is 11.7. The molecule has 0 aromatic heterocycles. The molecule has 0 spiro atoms. The van der Waals surface area contributed by atoms with Gasteiger partial charge in [-0.05, 0) is 22.3 Å². The average molecular weight is 363 g/mol. The van der Waals surface area contributed by atoms with Crippen LogP contribution in [0.15, 0.2) is 109 Å². The van der Waals surface area contributed by atoms with Crippen LogP contribution in [0, 0.1) is 0 Å². The van der Waals surface area contributed by atoms with E-state index in [1.165, 1.54) is 32.6 Å². The van der Waals surface area contributed by atoms with E-state index in [1.54, 1.807) is 0 Å². The van der Waals surface area contributed by atoms with Gasteiger partial charge < -0.3 is 0 Å². The highest BCUT2D eigenvalue weighted by Crippen LogP contribution is 2.48. The standard InChI is InChI=1S/C26H22Si/c1-27(20-12-4-2-5-13-20,21-14-6-3-7-15-21)26-24-18-10-8-16-22(24)23-17-9-11-19-25(23)26/h2-19,26H,1H3. The number of hydrogen-bond donors (Lipinski definition) is 0. The molecule has 0 aliphatic heterocycles. The lowest BCUT2D eigenvalue weighted by Crippen LogP contribution is -2.60. The monoisotopic (exact) mass is 362 g/mol. The summed E-state index contributed by atoms with van der Waals surface area (Å²) in [5.74, 6) is 0. The van der Waals surface area contributed by atoms with E-state index in [-0.39, 0.29) is 0 Å². The molecule has 0 bridgehead atoms. The third-order valence-corrected chi connectivity index (χ3v) is 11.0. The normalized spacial score (nSPS) is 13.2. The van der Waals surface area contributed by atoms with Crippen LogP contribution in [0.25, 0.3) is 11.1 Å². The fourth-order valence-electron chi connectivity index (χ4n) is 4.85. The lowest BCUT2D eigenvalue weighted by atomic mass is 10.1. The van der Waals surface area contributed by atoms with Gasteiger partial charge in [0.15, 0.2) is 0 Å². The van der Waals surface area contributed by atoms with E-state index in [2.05, 4.69) is 116 Å². The Morgan fingerprint density at radius 3 is 1.30 bits per heavy atom. The number of hydrogen-bond acceptors (Lipinski definition) is 0. The summed E-state index contributed by atoms with van der Waals surface area (Å²) in [6.07, 6.45) is 0. The van der Waals surface area contributed by atoms with Gasteiger partial charge in [-0.25, -0.2) is 0 Å². The Morgan fingerprint density at radius 2 is 0.852 bits per heavy atom. The summed E-state index contributed by atoms with van der Waals surface area (Å²) in [7, 11) is -2.07. The average Bonchev–Trinajstić information content (AvgIpc) is 3.09. The van der Waals surface area contributed by atoms with E-state index >= 15 is 0 Å². The molecule has 0 saturated heterocycles. The Bertz CT molecular complexity index is 998. The molecule has 0 amide bonds. The molecule has 0 saturated carbocycles. The van der Waals surface area contributed by atoms with Crippen molar-refractivity contribution in [2.45, 2.75) is 12.1 Å². The SMILES string of the molecule is C[Si](c1ccccc1)(c1ccccc1)C1c2ccccc2-c2ccccc21. The minimum absolute atomic E-state index is 0.426. The molecule has 130 valence electrons. The van der Waals surface area contributed by atoms with Gasteiger partial charge in [0.05, 0.1) is 0 Å². The van der Waals surface area contributed by atoms with Crippen LogP contribution in [0.4, 0.5) is 0 Å². The van der Waals surface area contributed by atoms with Crippen LogP contribution in [0.3, 0.4) is 0 Å². The van der Waals surface area contributed by atoms with E-state index in [1.807, 2.05) is 0 Å². The Labute approximate surface area is 162 Å². The first kappa shape index (κ1) is 16.3. The van der Waals surface area contributed by atoms with Gasteiger partial charge in [0, 0.05) is 5.54 Å². The number of benzene rings is 4. The molecule has 5 rings (SSSR count). The van der Waals surface area contributed by atoms with E-state index in [9.17, 15) is 0 Å². The largest absolute Gasteiger partial charge is 0.126 e. The van der Waals surface area contributed by atoms with Crippen LogP contribution in [-0.2, 0) is 0 Å². The van der Waals surface area contributed by atoms with E-state index in [4.69, 9.17) is 0 Å². The van der Waals surface area contributed by atoms with Gasteiger partial charge in [-0.15, -0.1) is 0 Å². The van der Waals surface area contributed by atoms with Crippen LogP contribution in [0.5, 0.6) is 0 Å². The van der Waals surface area contributed by atoms with Crippen molar-refractivity contribution < 1.29 is 0 Å². The molecule has 4 aromatic rings. The molecule has 0 radical (unpaired) electrons. The predicted octanol–water partition coefficient (Wildman–Crippen LogP) is 5.23. The van der Waals surface area contributed by atoms with Crippen molar-refractivity contribution >= 4 is 18.4 Å². The molecule has 27 heavy (non-hydrogen) atoms. The summed E-state index contributed by atoms with van der Waals surface area (Å²) in [5.41, 5.74) is 6.21. The zero-order chi connectivity index (χ0) is 18.3. The van der Waals surface area contributed by atoms with Crippen LogP contribution >= 0.6 is 0 Å². The zero-order valence-electron chi connectivity index (χ0n) is 15.5. The lowest BCUT2D eigenvalue weighted by molar-refractivity contribution is 1.14. The van der Waals surface area contributed by atoms with Crippen molar-refractivity contribution in [3.05, 3.63) is 120 Å². The quantitative estimate of drug-likeness (QED) is 0.438. The first-order valence-electron chi connectivity index (χ1n) is 9.59. The third-order valence-electron chi connectivity index (χ3n) is 6.16. The van der Waals surface area contributed by atoms with Gasteiger partial charge in [0.25, 0.3) is 0 Å². The highest BCUT2D eigenvalue weighted by molar-refractivity contribution is 7.02. The number of fused-ring (bicyclic) bond motifs is 3. The topological polar surface area (TPSA) is 0 Å². The molecule has 0 fully saturated rings. The summed E-state index contributed by atoms with van der Waals surface area (Å²) in [4.78, 5) is 0. The summed E-state index contributed by atoms with van der Waals surface area (Å²) in [6.45, 7) is 2.54. The molecular weight excluding hydrogens is 340 g/mol. The van der Waals surface area contributed by atoms with Crippen molar-refractivity contribution in [1.29, 1.82) is 0 Å². The Balaban J connectivity index is 1.84. The Kier molecular flexibility index (Phi) is 3.84. The maximum Gasteiger partial charge on any atom is 0.126 e. The third kappa shape index (κ3) is 2.43. The lowest BCUT2D eigenvalue weighted by Gasteiger charge is -2.36. The summed E-state index contributed by atoms with van der Waals surface area (Å²) < 4.78 is 0. The van der Waals surface area contributed by atoms with Crippen molar-refractivity contribution in [2.75, 3.05) is 0 Å². The first-order chi connectivity index (χ1) is 13.3. The summed E-state index contributed by atoms with van der Waals surface area (Å²) in [6, 6.07) is 40.4. The van der Waals surface area contributed by atoms with Crippen molar-refractivity contribution in [2.24, 2.45) is 0 Å². The second-order valence-electron chi connectivity index (χ2n) is 7.54. The Morgan fingerprint density at radius 1 is 0.481 bits per heavy atom. The molecule has 0 atom stereocenters. The predicted molar refractivity (Wildman–Crippen MR) is 117 cm³/mol. The van der Waals surface area contributed by atoms with Gasteiger partial charge in [-0.2, -0.15) is 0 Å². The van der Waals surface area contributed by atoms with Crippen LogP contribution in [0.2, 0.25) is 6.55 Å². The maximum absolute atomic E-state index is 2.54. The van der Waals surface area contributed by atoms with E-state index < -0.39 is 8.07 Å². The van der Waals surface area contributed by atoms with Crippen LogP contribution in [-0.4, -0.2) is 8.07 Å². The smallest absolute Gasteiger partial charge is 0.0626 e. The number of rotatable bonds is 3. The van der Waals surface area contributed by atoms with Crippen molar-refractivity contribution in [3.8, 4) is 11.1 Å². The van der Waals surface area contributed by atoms with Gasteiger partial charge in [0.1, 0.15) is 8.07 Å². The summed E-state index contributed by atoms with van der Waals surface area (Å²) >= 11 is 0. The van der Waals surface area contributed by atoms with Crippen molar-refractivity contribution in [3.63, 3.8) is 0 Å². The Hall–Kier alpha value is -2.90. The minimum atomic E-state index is -2.07. The zero-order valence-corrected chi connectivity index (χ0v) is 16.5. The second kappa shape index (κ2) is 6.36.